The Labute approximate surface area is 180 Å². The van der Waals surface area contributed by atoms with Gasteiger partial charge in [0, 0.05) is 37.9 Å². The first-order chi connectivity index (χ1) is 14.4. The second kappa shape index (κ2) is 8.39. The number of aromatic nitrogens is 3. The quantitative estimate of drug-likeness (QED) is 0.688. The molecule has 8 heteroatoms. The average Bonchev–Trinajstić information content (AvgIpc) is 3.07. The molecule has 0 spiro atoms. The fourth-order valence-corrected chi connectivity index (χ4v) is 4.46. The number of benzene rings is 1. The van der Waals surface area contributed by atoms with Crippen molar-refractivity contribution in [2.75, 3.05) is 36.4 Å². The molecule has 1 fully saturated rings. The molecule has 1 N–H and O–H groups in total. The van der Waals surface area contributed by atoms with E-state index in [1.165, 1.54) is 16.9 Å². The number of nitrogens with one attached hydrogen (secondary N) is 1. The van der Waals surface area contributed by atoms with Crippen molar-refractivity contribution in [2.45, 2.75) is 27.7 Å². The number of rotatable bonds is 4. The van der Waals surface area contributed by atoms with Crippen molar-refractivity contribution in [1.29, 1.82) is 0 Å². The van der Waals surface area contributed by atoms with Gasteiger partial charge >= 0.3 is 0 Å². The van der Waals surface area contributed by atoms with E-state index < -0.39 is 0 Å². The topological polar surface area (TPSA) is 74.2 Å². The molecular formula is C22H26N6OS. The van der Waals surface area contributed by atoms with Crippen LogP contribution in [0.15, 0.2) is 30.3 Å². The van der Waals surface area contributed by atoms with E-state index in [0.29, 0.717) is 13.1 Å². The van der Waals surface area contributed by atoms with Gasteiger partial charge in [0.25, 0.3) is 5.91 Å². The summed E-state index contributed by atoms with van der Waals surface area (Å²) in [4.78, 5) is 31.3. The van der Waals surface area contributed by atoms with Crippen LogP contribution in [0.5, 0.6) is 0 Å². The third kappa shape index (κ3) is 4.43. The van der Waals surface area contributed by atoms with Crippen molar-refractivity contribution < 1.29 is 4.79 Å². The predicted octanol–water partition coefficient (Wildman–Crippen LogP) is 3.87. The molecule has 1 aliphatic heterocycles. The summed E-state index contributed by atoms with van der Waals surface area (Å²) in [7, 11) is 0. The number of aryl methyl sites for hydroxylation is 4. The molecule has 0 aliphatic carbocycles. The van der Waals surface area contributed by atoms with Gasteiger partial charge in [-0.05, 0) is 39.8 Å². The largest absolute Gasteiger partial charge is 0.353 e. The summed E-state index contributed by atoms with van der Waals surface area (Å²) in [6, 6.07) is 10.2. The van der Waals surface area contributed by atoms with E-state index in [4.69, 9.17) is 0 Å². The van der Waals surface area contributed by atoms with Crippen LogP contribution >= 0.6 is 11.3 Å². The molecule has 156 valence electrons. The zero-order valence-corrected chi connectivity index (χ0v) is 18.6. The molecule has 1 aliphatic rings. The van der Waals surface area contributed by atoms with Crippen LogP contribution < -0.4 is 10.2 Å². The van der Waals surface area contributed by atoms with Crippen molar-refractivity contribution in [3.63, 3.8) is 0 Å². The molecule has 0 atom stereocenters. The average molecular weight is 423 g/mol. The first kappa shape index (κ1) is 20.3. The van der Waals surface area contributed by atoms with E-state index in [-0.39, 0.29) is 5.91 Å². The number of piperazine rings is 1. The molecule has 3 heterocycles. The minimum absolute atomic E-state index is 0.0818. The van der Waals surface area contributed by atoms with Crippen LogP contribution in [0.25, 0.3) is 0 Å². The second-order valence-electron chi connectivity index (χ2n) is 7.58. The highest BCUT2D eigenvalue weighted by Gasteiger charge is 2.26. The maximum Gasteiger partial charge on any atom is 0.265 e. The lowest BCUT2D eigenvalue weighted by Crippen LogP contribution is -2.49. The van der Waals surface area contributed by atoms with Gasteiger partial charge in [0.2, 0.25) is 0 Å². The first-order valence-corrected chi connectivity index (χ1v) is 10.9. The van der Waals surface area contributed by atoms with Crippen LogP contribution in [0, 0.1) is 27.7 Å². The predicted molar refractivity (Wildman–Crippen MR) is 121 cm³/mol. The molecule has 1 aromatic carbocycles. The molecule has 0 radical (unpaired) electrons. The van der Waals surface area contributed by atoms with Crippen molar-refractivity contribution in [3.8, 4) is 0 Å². The Bertz CT molecular complexity index is 1050. The van der Waals surface area contributed by atoms with E-state index in [9.17, 15) is 4.79 Å². The Kier molecular flexibility index (Phi) is 5.67. The highest BCUT2D eigenvalue weighted by molar-refractivity contribution is 7.13. The van der Waals surface area contributed by atoms with Gasteiger partial charge in [-0.3, -0.25) is 4.79 Å². The van der Waals surface area contributed by atoms with Crippen LogP contribution in [-0.4, -0.2) is 51.9 Å². The number of carbonyl (C=O) groups excluding carboxylic acids is 1. The number of anilines is 3. The molecule has 4 rings (SSSR count). The van der Waals surface area contributed by atoms with Gasteiger partial charge < -0.3 is 15.1 Å². The summed E-state index contributed by atoms with van der Waals surface area (Å²) in [5, 5.41) is 4.29. The maximum absolute atomic E-state index is 12.9. The lowest BCUT2D eigenvalue weighted by Gasteiger charge is -2.35. The van der Waals surface area contributed by atoms with Gasteiger partial charge in [-0.2, -0.15) is 0 Å². The van der Waals surface area contributed by atoms with E-state index in [1.807, 2.05) is 43.9 Å². The Balaban J connectivity index is 1.44. The Morgan fingerprint density at radius 1 is 0.967 bits per heavy atom. The minimum Gasteiger partial charge on any atom is -0.353 e. The number of thiazole rings is 1. The summed E-state index contributed by atoms with van der Waals surface area (Å²) in [6.45, 7) is 10.6. The van der Waals surface area contributed by atoms with E-state index in [0.717, 1.165) is 51.8 Å². The minimum atomic E-state index is 0.0818. The number of amides is 1. The molecule has 30 heavy (non-hydrogen) atoms. The summed E-state index contributed by atoms with van der Waals surface area (Å²) >= 11 is 1.47. The molecule has 0 bridgehead atoms. The summed E-state index contributed by atoms with van der Waals surface area (Å²) in [5.41, 5.74) is 3.04. The molecular weight excluding hydrogens is 396 g/mol. The Morgan fingerprint density at radius 2 is 1.67 bits per heavy atom. The normalized spacial score (nSPS) is 14.1. The maximum atomic E-state index is 12.9. The monoisotopic (exact) mass is 422 g/mol. The van der Waals surface area contributed by atoms with E-state index in [2.05, 4.69) is 44.2 Å². The van der Waals surface area contributed by atoms with Gasteiger partial charge in [0.1, 0.15) is 22.3 Å². The molecule has 0 unspecified atom stereocenters. The fourth-order valence-electron chi connectivity index (χ4n) is 3.57. The van der Waals surface area contributed by atoms with Crippen LogP contribution in [0.3, 0.4) is 0 Å². The first-order valence-electron chi connectivity index (χ1n) is 10.1. The molecule has 1 amide bonds. The van der Waals surface area contributed by atoms with E-state index >= 15 is 0 Å². The molecule has 7 nitrogen and oxygen atoms in total. The summed E-state index contributed by atoms with van der Waals surface area (Å²) in [5.74, 6) is 2.46. The van der Waals surface area contributed by atoms with Gasteiger partial charge in [-0.1, -0.05) is 17.7 Å². The van der Waals surface area contributed by atoms with Gasteiger partial charge in [-0.15, -0.1) is 11.3 Å². The van der Waals surface area contributed by atoms with Crippen LogP contribution in [0.4, 0.5) is 17.3 Å². The van der Waals surface area contributed by atoms with Crippen molar-refractivity contribution in [3.05, 3.63) is 57.3 Å². The van der Waals surface area contributed by atoms with Gasteiger partial charge in [0.15, 0.2) is 0 Å². The van der Waals surface area contributed by atoms with E-state index in [1.54, 1.807) is 0 Å². The number of carbonyl (C=O) groups is 1. The molecule has 3 aromatic rings. The second-order valence-corrected chi connectivity index (χ2v) is 8.78. The lowest BCUT2D eigenvalue weighted by atomic mass is 10.2. The standard InChI is InChI=1S/C22H26N6OS/c1-14-5-7-18(8-6-14)26-19-13-20(25-16(3)24-19)27-9-11-28(12-10-27)22(29)21-15(2)23-17(4)30-21/h5-8,13H,9-12H2,1-4H3,(H,24,25,26). The third-order valence-corrected chi connectivity index (χ3v) is 6.20. The zero-order chi connectivity index (χ0) is 21.3. The fraction of sp³-hybridized carbons (Fsp3) is 0.364. The van der Waals surface area contributed by atoms with Gasteiger partial charge in [-0.25, -0.2) is 15.0 Å². The zero-order valence-electron chi connectivity index (χ0n) is 17.8. The molecule has 1 saturated heterocycles. The number of hydrogen-bond acceptors (Lipinski definition) is 7. The highest BCUT2D eigenvalue weighted by Crippen LogP contribution is 2.23. The smallest absolute Gasteiger partial charge is 0.265 e. The third-order valence-electron chi connectivity index (χ3n) is 5.14. The van der Waals surface area contributed by atoms with Crippen LogP contribution in [-0.2, 0) is 0 Å². The van der Waals surface area contributed by atoms with Crippen molar-refractivity contribution in [1.82, 2.24) is 19.9 Å². The number of hydrogen-bond donors (Lipinski definition) is 1. The van der Waals surface area contributed by atoms with Crippen LogP contribution in [0.1, 0.15) is 31.8 Å². The molecule has 2 aromatic heterocycles. The summed E-state index contributed by atoms with van der Waals surface area (Å²) in [6.07, 6.45) is 0. The SMILES string of the molecule is Cc1ccc(Nc2cc(N3CCN(C(=O)c4sc(C)nc4C)CC3)nc(C)n2)cc1. The van der Waals surface area contributed by atoms with Gasteiger partial charge in [0.05, 0.1) is 10.7 Å². The summed E-state index contributed by atoms with van der Waals surface area (Å²) < 4.78 is 0. The van der Waals surface area contributed by atoms with Crippen molar-refractivity contribution >= 4 is 34.6 Å². The Morgan fingerprint density at radius 3 is 2.30 bits per heavy atom. The highest BCUT2D eigenvalue weighted by atomic mass is 32.1. The van der Waals surface area contributed by atoms with Crippen molar-refractivity contribution in [2.24, 2.45) is 0 Å². The Hall–Kier alpha value is -3.00. The number of nitrogens with zero attached hydrogens (tertiary/aromatic N) is 5. The lowest BCUT2D eigenvalue weighted by molar-refractivity contribution is 0.0750. The molecule has 0 saturated carbocycles. The van der Waals surface area contributed by atoms with Crippen LogP contribution in [0.2, 0.25) is 0 Å².